The Bertz CT molecular complexity index is 553. The van der Waals surface area contributed by atoms with E-state index in [0.717, 1.165) is 25.1 Å². The van der Waals surface area contributed by atoms with Crippen molar-refractivity contribution in [2.75, 3.05) is 19.7 Å². The van der Waals surface area contributed by atoms with E-state index in [4.69, 9.17) is 4.74 Å². The van der Waals surface area contributed by atoms with Gasteiger partial charge in [-0.3, -0.25) is 4.90 Å². The Morgan fingerprint density at radius 3 is 2.86 bits per heavy atom. The third-order valence-corrected chi connectivity index (χ3v) is 4.07. The van der Waals surface area contributed by atoms with Crippen LogP contribution in [0.3, 0.4) is 0 Å². The molecular formula is C14H15F3N2O2. The average molecular weight is 300 g/mol. The van der Waals surface area contributed by atoms with Gasteiger partial charge in [-0.05, 0) is 30.7 Å². The fourth-order valence-corrected chi connectivity index (χ4v) is 2.89. The number of alkyl halides is 3. The molecule has 2 aliphatic heterocycles. The minimum absolute atomic E-state index is 0.129. The van der Waals surface area contributed by atoms with Gasteiger partial charge in [0.2, 0.25) is 0 Å². The summed E-state index contributed by atoms with van der Waals surface area (Å²) in [4.78, 5) is 13.4. The number of hydrogen-bond donors (Lipinski definition) is 1. The molecule has 1 aromatic rings. The second kappa shape index (κ2) is 4.91. The van der Waals surface area contributed by atoms with Crippen molar-refractivity contribution in [1.29, 1.82) is 0 Å². The molecule has 0 aliphatic carbocycles. The molecule has 1 unspecified atom stereocenters. The van der Waals surface area contributed by atoms with Crippen LogP contribution in [0.5, 0.6) is 0 Å². The number of ether oxygens (including phenoxy) is 1. The molecule has 2 heterocycles. The highest BCUT2D eigenvalue weighted by atomic mass is 19.4. The van der Waals surface area contributed by atoms with E-state index in [1.807, 2.05) is 0 Å². The molecule has 1 amide bonds. The van der Waals surface area contributed by atoms with E-state index in [1.54, 1.807) is 11.0 Å². The minimum Gasteiger partial charge on any atom is -0.447 e. The van der Waals surface area contributed by atoms with E-state index < -0.39 is 23.4 Å². The van der Waals surface area contributed by atoms with E-state index in [0.29, 0.717) is 12.1 Å². The van der Waals surface area contributed by atoms with Crippen LogP contribution in [-0.4, -0.2) is 36.2 Å². The number of nitrogens with one attached hydrogen (secondary N) is 1. The Kier molecular flexibility index (Phi) is 3.32. The molecule has 3 rings (SSSR count). The van der Waals surface area contributed by atoms with E-state index in [9.17, 15) is 18.0 Å². The molecule has 0 bridgehead atoms. The predicted molar refractivity (Wildman–Crippen MR) is 68.6 cm³/mol. The minimum atomic E-state index is -4.38. The standard InChI is InChI=1S/C14H15F3N2O2/c15-14(16,17)11-3-1-2-10(6-11)7-19-12(20)21-9-13(19)4-5-18-8-13/h1-3,6,18H,4-5,7-9H2. The smallest absolute Gasteiger partial charge is 0.416 e. The number of benzene rings is 1. The zero-order chi connectivity index (χ0) is 15.1. The first kappa shape index (κ1) is 14.2. The zero-order valence-corrected chi connectivity index (χ0v) is 11.2. The van der Waals surface area contributed by atoms with E-state index >= 15 is 0 Å². The maximum atomic E-state index is 12.7. The summed E-state index contributed by atoms with van der Waals surface area (Å²) in [7, 11) is 0. The van der Waals surface area contributed by atoms with Crippen molar-refractivity contribution >= 4 is 6.09 Å². The molecule has 2 saturated heterocycles. The Labute approximate surface area is 119 Å². The summed E-state index contributed by atoms with van der Waals surface area (Å²) < 4.78 is 43.3. The van der Waals surface area contributed by atoms with Crippen LogP contribution in [0.4, 0.5) is 18.0 Å². The van der Waals surface area contributed by atoms with Crippen molar-refractivity contribution in [2.45, 2.75) is 24.7 Å². The van der Waals surface area contributed by atoms with Crippen LogP contribution in [-0.2, 0) is 17.5 Å². The lowest BCUT2D eigenvalue weighted by molar-refractivity contribution is -0.137. The number of amides is 1. The highest BCUT2D eigenvalue weighted by Crippen LogP contribution is 2.33. The molecular weight excluding hydrogens is 285 g/mol. The van der Waals surface area contributed by atoms with Crippen LogP contribution >= 0.6 is 0 Å². The van der Waals surface area contributed by atoms with Gasteiger partial charge in [0.25, 0.3) is 0 Å². The first-order valence-electron chi connectivity index (χ1n) is 6.72. The first-order chi connectivity index (χ1) is 9.91. The van der Waals surface area contributed by atoms with Gasteiger partial charge in [0.15, 0.2) is 0 Å². The van der Waals surface area contributed by atoms with Gasteiger partial charge in [-0.2, -0.15) is 13.2 Å². The number of hydrogen-bond acceptors (Lipinski definition) is 3. The van der Waals surface area contributed by atoms with Crippen LogP contribution in [0.2, 0.25) is 0 Å². The lowest BCUT2D eigenvalue weighted by atomic mass is 9.97. The molecule has 1 spiro atoms. The molecule has 4 nitrogen and oxygen atoms in total. The molecule has 21 heavy (non-hydrogen) atoms. The van der Waals surface area contributed by atoms with Crippen molar-refractivity contribution in [3.05, 3.63) is 35.4 Å². The number of rotatable bonds is 2. The summed E-state index contributed by atoms with van der Waals surface area (Å²) in [5.74, 6) is 0. The molecule has 0 aromatic heterocycles. The fourth-order valence-electron chi connectivity index (χ4n) is 2.89. The summed E-state index contributed by atoms with van der Waals surface area (Å²) in [6.45, 7) is 1.80. The zero-order valence-electron chi connectivity index (χ0n) is 11.2. The number of nitrogens with zero attached hydrogens (tertiary/aromatic N) is 1. The van der Waals surface area contributed by atoms with Gasteiger partial charge in [0, 0.05) is 13.1 Å². The normalized spacial score (nSPS) is 25.7. The van der Waals surface area contributed by atoms with Crippen molar-refractivity contribution < 1.29 is 22.7 Å². The molecule has 7 heteroatoms. The van der Waals surface area contributed by atoms with Gasteiger partial charge in [0.05, 0.1) is 11.1 Å². The maximum Gasteiger partial charge on any atom is 0.416 e. The Balaban J connectivity index is 1.84. The fraction of sp³-hybridized carbons (Fsp3) is 0.500. The molecule has 0 radical (unpaired) electrons. The molecule has 114 valence electrons. The summed E-state index contributed by atoms with van der Waals surface area (Å²) in [5, 5.41) is 3.17. The molecule has 2 aliphatic rings. The highest BCUT2D eigenvalue weighted by Gasteiger charge is 2.49. The van der Waals surface area contributed by atoms with Crippen molar-refractivity contribution in [2.24, 2.45) is 0 Å². The third-order valence-electron chi connectivity index (χ3n) is 4.07. The van der Waals surface area contributed by atoms with Crippen LogP contribution in [0.25, 0.3) is 0 Å². The summed E-state index contributed by atoms with van der Waals surface area (Å²) >= 11 is 0. The van der Waals surface area contributed by atoms with Gasteiger partial charge in [-0.25, -0.2) is 4.79 Å². The third kappa shape index (κ3) is 2.57. The van der Waals surface area contributed by atoms with Gasteiger partial charge >= 0.3 is 12.3 Å². The quantitative estimate of drug-likeness (QED) is 0.912. The lowest BCUT2D eigenvalue weighted by Gasteiger charge is -2.30. The number of halogens is 3. The maximum absolute atomic E-state index is 12.7. The van der Waals surface area contributed by atoms with E-state index in [2.05, 4.69) is 5.32 Å². The summed E-state index contributed by atoms with van der Waals surface area (Å²) in [6, 6.07) is 5.07. The Morgan fingerprint density at radius 2 is 2.19 bits per heavy atom. The molecule has 0 saturated carbocycles. The van der Waals surface area contributed by atoms with Crippen LogP contribution in [0.15, 0.2) is 24.3 Å². The SMILES string of the molecule is O=C1OCC2(CCNC2)N1Cc1cccc(C(F)(F)F)c1. The lowest BCUT2D eigenvalue weighted by Crippen LogP contribution is -2.48. The first-order valence-corrected chi connectivity index (χ1v) is 6.72. The summed E-state index contributed by atoms with van der Waals surface area (Å²) in [5.41, 5.74) is -0.674. The second-order valence-corrected chi connectivity index (χ2v) is 5.49. The van der Waals surface area contributed by atoms with Crippen molar-refractivity contribution in [3.63, 3.8) is 0 Å². The van der Waals surface area contributed by atoms with Crippen LogP contribution in [0, 0.1) is 0 Å². The van der Waals surface area contributed by atoms with Crippen LogP contribution in [0.1, 0.15) is 17.5 Å². The van der Waals surface area contributed by atoms with Gasteiger partial charge in [0.1, 0.15) is 6.61 Å². The Hall–Kier alpha value is -1.76. The van der Waals surface area contributed by atoms with Crippen molar-refractivity contribution in [1.82, 2.24) is 10.2 Å². The van der Waals surface area contributed by atoms with Gasteiger partial charge in [-0.15, -0.1) is 0 Å². The van der Waals surface area contributed by atoms with Crippen LogP contribution < -0.4 is 5.32 Å². The number of cyclic esters (lactones) is 1. The molecule has 1 aromatic carbocycles. The van der Waals surface area contributed by atoms with E-state index in [-0.39, 0.29) is 13.2 Å². The van der Waals surface area contributed by atoms with Crippen molar-refractivity contribution in [3.8, 4) is 0 Å². The van der Waals surface area contributed by atoms with E-state index in [1.165, 1.54) is 6.07 Å². The van der Waals surface area contributed by atoms with Gasteiger partial charge < -0.3 is 10.1 Å². The predicted octanol–water partition coefficient (Wildman–Crippen LogP) is 2.39. The number of carbonyl (C=O) groups excluding carboxylic acids is 1. The molecule has 2 fully saturated rings. The Morgan fingerprint density at radius 1 is 1.38 bits per heavy atom. The number of carbonyl (C=O) groups is 1. The molecule has 1 atom stereocenters. The largest absolute Gasteiger partial charge is 0.447 e. The topological polar surface area (TPSA) is 41.6 Å². The highest BCUT2D eigenvalue weighted by molar-refractivity contribution is 5.71. The summed E-state index contributed by atoms with van der Waals surface area (Å²) in [6.07, 6.45) is -4.10. The molecule has 1 N–H and O–H groups in total. The van der Waals surface area contributed by atoms with Gasteiger partial charge in [-0.1, -0.05) is 12.1 Å². The average Bonchev–Trinajstić information content (AvgIpc) is 3.02. The monoisotopic (exact) mass is 300 g/mol. The second-order valence-electron chi connectivity index (χ2n) is 5.49.